The maximum atomic E-state index is 4.99. The molecule has 1 heterocycles. The standard InChI is InChI=1S/C11H19BrN4O/c1-3-5-14-11-15-8-9(12)10(16-11)13-6-4-7-17-2/h8H,3-7H2,1-2H3,(H2,13,14,15,16). The van der Waals surface area contributed by atoms with Crippen molar-refractivity contribution in [1.82, 2.24) is 9.97 Å². The number of anilines is 2. The monoisotopic (exact) mass is 302 g/mol. The molecule has 0 aliphatic carbocycles. The van der Waals surface area contributed by atoms with Crippen molar-refractivity contribution in [3.05, 3.63) is 10.7 Å². The van der Waals surface area contributed by atoms with E-state index in [2.05, 4.69) is 43.5 Å². The molecule has 1 rings (SSSR count). The lowest BCUT2D eigenvalue weighted by molar-refractivity contribution is 0.197. The minimum absolute atomic E-state index is 0.657. The highest BCUT2D eigenvalue weighted by atomic mass is 79.9. The average molecular weight is 303 g/mol. The predicted molar refractivity (Wildman–Crippen MR) is 73.5 cm³/mol. The number of halogens is 1. The topological polar surface area (TPSA) is 59.1 Å². The van der Waals surface area contributed by atoms with Gasteiger partial charge >= 0.3 is 0 Å². The van der Waals surface area contributed by atoms with Crippen LogP contribution in [0.15, 0.2) is 10.7 Å². The van der Waals surface area contributed by atoms with Crippen LogP contribution in [0.3, 0.4) is 0 Å². The number of hydrogen-bond acceptors (Lipinski definition) is 5. The van der Waals surface area contributed by atoms with E-state index >= 15 is 0 Å². The Kier molecular flexibility index (Phi) is 6.88. The van der Waals surface area contributed by atoms with E-state index < -0.39 is 0 Å². The Balaban J connectivity index is 2.50. The molecule has 1 aromatic rings. The number of methoxy groups -OCH3 is 1. The van der Waals surface area contributed by atoms with Crippen molar-refractivity contribution in [2.45, 2.75) is 19.8 Å². The number of nitrogens with one attached hydrogen (secondary N) is 2. The summed E-state index contributed by atoms with van der Waals surface area (Å²) in [6, 6.07) is 0. The van der Waals surface area contributed by atoms with Gasteiger partial charge in [0.1, 0.15) is 5.82 Å². The van der Waals surface area contributed by atoms with Gasteiger partial charge in [0.15, 0.2) is 0 Å². The fraction of sp³-hybridized carbons (Fsp3) is 0.636. The van der Waals surface area contributed by atoms with Gasteiger partial charge in [-0.05, 0) is 28.8 Å². The quantitative estimate of drug-likeness (QED) is 0.723. The summed E-state index contributed by atoms with van der Waals surface area (Å²) >= 11 is 3.42. The van der Waals surface area contributed by atoms with Crippen molar-refractivity contribution >= 4 is 27.7 Å². The molecule has 0 fully saturated rings. The molecule has 17 heavy (non-hydrogen) atoms. The Morgan fingerprint density at radius 1 is 1.35 bits per heavy atom. The van der Waals surface area contributed by atoms with Crippen LogP contribution in [-0.2, 0) is 4.74 Å². The van der Waals surface area contributed by atoms with Crippen LogP contribution in [0, 0.1) is 0 Å². The van der Waals surface area contributed by atoms with E-state index in [-0.39, 0.29) is 0 Å². The van der Waals surface area contributed by atoms with Gasteiger partial charge in [-0.3, -0.25) is 0 Å². The molecule has 0 atom stereocenters. The Bertz CT molecular complexity index is 335. The summed E-state index contributed by atoms with van der Waals surface area (Å²) in [5.41, 5.74) is 0. The van der Waals surface area contributed by atoms with Crippen LogP contribution in [0.2, 0.25) is 0 Å². The molecule has 6 heteroatoms. The fourth-order valence-corrected chi connectivity index (χ4v) is 1.57. The zero-order chi connectivity index (χ0) is 12.5. The molecule has 0 unspecified atom stereocenters. The largest absolute Gasteiger partial charge is 0.385 e. The molecule has 2 N–H and O–H groups in total. The lowest BCUT2D eigenvalue weighted by Gasteiger charge is -2.09. The third kappa shape index (κ3) is 5.32. The summed E-state index contributed by atoms with van der Waals surface area (Å²) in [6.07, 6.45) is 3.75. The minimum atomic E-state index is 0.657. The molecule has 0 bridgehead atoms. The van der Waals surface area contributed by atoms with Crippen LogP contribution >= 0.6 is 15.9 Å². The number of aromatic nitrogens is 2. The Labute approximate surface area is 111 Å². The summed E-state index contributed by atoms with van der Waals surface area (Å²) < 4.78 is 5.86. The molecular formula is C11H19BrN4O. The summed E-state index contributed by atoms with van der Waals surface area (Å²) in [5, 5.41) is 6.40. The second-order valence-electron chi connectivity index (χ2n) is 3.59. The van der Waals surface area contributed by atoms with Crippen molar-refractivity contribution in [3.63, 3.8) is 0 Å². The molecule has 0 saturated heterocycles. The van der Waals surface area contributed by atoms with E-state index in [1.807, 2.05) is 0 Å². The van der Waals surface area contributed by atoms with Crippen LogP contribution in [-0.4, -0.2) is 36.8 Å². The Morgan fingerprint density at radius 2 is 2.18 bits per heavy atom. The molecule has 0 amide bonds. The average Bonchev–Trinajstić information content (AvgIpc) is 2.35. The summed E-state index contributed by atoms with van der Waals surface area (Å²) in [6.45, 7) is 4.56. The summed E-state index contributed by atoms with van der Waals surface area (Å²) in [4.78, 5) is 8.57. The van der Waals surface area contributed by atoms with Gasteiger partial charge in [-0.1, -0.05) is 6.92 Å². The zero-order valence-electron chi connectivity index (χ0n) is 10.3. The van der Waals surface area contributed by atoms with Crippen LogP contribution in [0.1, 0.15) is 19.8 Å². The van der Waals surface area contributed by atoms with Crippen LogP contribution in [0.5, 0.6) is 0 Å². The lowest BCUT2D eigenvalue weighted by atomic mass is 10.4. The summed E-state index contributed by atoms with van der Waals surface area (Å²) in [7, 11) is 1.70. The van der Waals surface area contributed by atoms with Gasteiger partial charge in [0.25, 0.3) is 0 Å². The molecule has 96 valence electrons. The highest BCUT2D eigenvalue weighted by Gasteiger charge is 2.03. The number of nitrogens with zero attached hydrogens (tertiary/aromatic N) is 2. The normalized spacial score (nSPS) is 10.3. The van der Waals surface area contributed by atoms with E-state index in [0.717, 1.165) is 42.8 Å². The van der Waals surface area contributed by atoms with E-state index in [1.165, 1.54) is 0 Å². The first-order chi connectivity index (χ1) is 8.27. The first kappa shape index (κ1) is 14.2. The minimum Gasteiger partial charge on any atom is -0.385 e. The highest BCUT2D eigenvalue weighted by molar-refractivity contribution is 9.10. The van der Waals surface area contributed by atoms with Gasteiger partial charge < -0.3 is 15.4 Å². The maximum absolute atomic E-state index is 4.99. The molecule has 1 aromatic heterocycles. The van der Waals surface area contributed by atoms with Crippen molar-refractivity contribution in [1.29, 1.82) is 0 Å². The number of hydrogen-bond donors (Lipinski definition) is 2. The van der Waals surface area contributed by atoms with E-state index in [9.17, 15) is 0 Å². The van der Waals surface area contributed by atoms with E-state index in [0.29, 0.717) is 5.95 Å². The lowest BCUT2D eigenvalue weighted by Crippen LogP contribution is -2.10. The smallest absolute Gasteiger partial charge is 0.224 e. The van der Waals surface area contributed by atoms with Gasteiger partial charge in [-0.25, -0.2) is 4.98 Å². The third-order valence-corrected chi connectivity index (χ3v) is 2.68. The van der Waals surface area contributed by atoms with Gasteiger partial charge in [-0.15, -0.1) is 0 Å². The maximum Gasteiger partial charge on any atom is 0.224 e. The molecular weight excluding hydrogens is 284 g/mol. The van der Waals surface area contributed by atoms with E-state index in [1.54, 1.807) is 13.3 Å². The molecule has 0 radical (unpaired) electrons. The first-order valence-corrected chi connectivity index (χ1v) is 6.56. The molecule has 0 aliphatic rings. The second-order valence-corrected chi connectivity index (χ2v) is 4.44. The number of ether oxygens (including phenoxy) is 1. The molecule has 0 saturated carbocycles. The first-order valence-electron chi connectivity index (χ1n) is 5.77. The van der Waals surface area contributed by atoms with Gasteiger partial charge in [0, 0.05) is 33.0 Å². The van der Waals surface area contributed by atoms with Crippen molar-refractivity contribution in [2.24, 2.45) is 0 Å². The van der Waals surface area contributed by atoms with Crippen molar-refractivity contribution in [3.8, 4) is 0 Å². The van der Waals surface area contributed by atoms with Crippen LogP contribution in [0.4, 0.5) is 11.8 Å². The predicted octanol–water partition coefficient (Wildman–Crippen LogP) is 2.51. The Morgan fingerprint density at radius 3 is 2.88 bits per heavy atom. The molecule has 0 aliphatic heterocycles. The number of rotatable bonds is 8. The van der Waals surface area contributed by atoms with Crippen LogP contribution < -0.4 is 10.6 Å². The van der Waals surface area contributed by atoms with Crippen molar-refractivity contribution in [2.75, 3.05) is 37.4 Å². The van der Waals surface area contributed by atoms with Gasteiger partial charge in [-0.2, -0.15) is 4.98 Å². The van der Waals surface area contributed by atoms with E-state index in [4.69, 9.17) is 4.74 Å². The summed E-state index contributed by atoms with van der Waals surface area (Å²) in [5.74, 6) is 1.47. The fourth-order valence-electron chi connectivity index (χ4n) is 1.24. The van der Waals surface area contributed by atoms with Crippen LogP contribution in [0.25, 0.3) is 0 Å². The third-order valence-electron chi connectivity index (χ3n) is 2.09. The van der Waals surface area contributed by atoms with Gasteiger partial charge in [0.2, 0.25) is 5.95 Å². The SMILES string of the molecule is CCCNc1ncc(Br)c(NCCCOC)n1. The zero-order valence-corrected chi connectivity index (χ0v) is 11.9. The second kappa shape index (κ2) is 8.25. The Hall–Kier alpha value is -0.880. The van der Waals surface area contributed by atoms with Crippen molar-refractivity contribution < 1.29 is 4.74 Å². The molecule has 0 spiro atoms. The van der Waals surface area contributed by atoms with Gasteiger partial charge in [0.05, 0.1) is 4.47 Å². The molecule has 0 aromatic carbocycles. The molecule has 5 nitrogen and oxygen atoms in total. The highest BCUT2D eigenvalue weighted by Crippen LogP contribution is 2.19.